The highest BCUT2D eigenvalue weighted by molar-refractivity contribution is 5.87. The second-order valence-electron chi connectivity index (χ2n) is 3.51. The molecule has 0 radical (unpaired) electrons. The van der Waals surface area contributed by atoms with E-state index < -0.39 is 0 Å². The van der Waals surface area contributed by atoms with E-state index in [1.165, 1.54) is 12.8 Å². The number of urea groups is 1. The minimum atomic E-state index is -0.248. The molecule has 0 unspecified atom stereocenters. The number of hydrogen-bond donors (Lipinski definition) is 2. The number of rotatable bonds is 6. The summed E-state index contributed by atoms with van der Waals surface area (Å²) >= 11 is 0. The maximum absolute atomic E-state index is 11.3. The van der Waals surface area contributed by atoms with E-state index in [1.807, 2.05) is 0 Å². The number of anilines is 1. The normalized spacial score (nSPS) is 9.81. The Morgan fingerprint density at radius 3 is 2.69 bits per heavy atom. The molecule has 0 aliphatic heterocycles. The summed E-state index contributed by atoms with van der Waals surface area (Å²) in [6.07, 6.45) is 7.75. The Labute approximate surface area is 95.7 Å². The van der Waals surface area contributed by atoms with Crippen LogP contribution in [0.4, 0.5) is 10.7 Å². The first kappa shape index (κ1) is 12.4. The fourth-order valence-corrected chi connectivity index (χ4v) is 1.26. The SMILES string of the molecule is CCCCCCNC(=O)Nc1ncccn1. The predicted octanol–water partition coefficient (Wildman–Crippen LogP) is 2.18. The van der Waals surface area contributed by atoms with Crippen LogP contribution in [0.1, 0.15) is 32.6 Å². The third kappa shape index (κ3) is 5.29. The summed E-state index contributed by atoms with van der Waals surface area (Å²) in [6, 6.07) is 1.45. The van der Waals surface area contributed by atoms with Gasteiger partial charge < -0.3 is 5.32 Å². The number of carbonyl (C=O) groups is 1. The topological polar surface area (TPSA) is 66.9 Å². The molecule has 2 amide bonds. The smallest absolute Gasteiger partial charge is 0.321 e. The number of unbranched alkanes of at least 4 members (excludes halogenated alkanes) is 3. The maximum atomic E-state index is 11.3. The maximum Gasteiger partial charge on any atom is 0.321 e. The summed E-state index contributed by atoms with van der Waals surface area (Å²) in [4.78, 5) is 19.1. The lowest BCUT2D eigenvalue weighted by Gasteiger charge is -2.05. The molecule has 1 aromatic heterocycles. The molecule has 1 rings (SSSR count). The summed E-state index contributed by atoms with van der Waals surface area (Å²) in [7, 11) is 0. The van der Waals surface area contributed by atoms with Crippen LogP contribution >= 0.6 is 0 Å². The van der Waals surface area contributed by atoms with Crippen molar-refractivity contribution in [3.05, 3.63) is 18.5 Å². The van der Waals surface area contributed by atoms with Crippen molar-refractivity contribution in [3.63, 3.8) is 0 Å². The minimum absolute atomic E-state index is 0.248. The van der Waals surface area contributed by atoms with Gasteiger partial charge in [-0.2, -0.15) is 0 Å². The predicted molar refractivity (Wildman–Crippen MR) is 63.2 cm³/mol. The number of nitrogens with zero attached hydrogens (tertiary/aromatic N) is 2. The van der Waals surface area contributed by atoms with Gasteiger partial charge in [0.25, 0.3) is 0 Å². The molecule has 16 heavy (non-hydrogen) atoms. The first-order chi connectivity index (χ1) is 7.83. The van der Waals surface area contributed by atoms with Crippen molar-refractivity contribution in [2.45, 2.75) is 32.6 Å². The second kappa shape index (κ2) is 7.62. The lowest BCUT2D eigenvalue weighted by Crippen LogP contribution is -2.30. The second-order valence-corrected chi connectivity index (χ2v) is 3.51. The van der Waals surface area contributed by atoms with Gasteiger partial charge in [0.15, 0.2) is 0 Å². The van der Waals surface area contributed by atoms with Gasteiger partial charge in [-0.05, 0) is 12.5 Å². The first-order valence-electron chi connectivity index (χ1n) is 5.65. The molecule has 0 saturated carbocycles. The van der Waals surface area contributed by atoms with Gasteiger partial charge >= 0.3 is 6.03 Å². The van der Waals surface area contributed by atoms with Gasteiger partial charge in [-0.15, -0.1) is 0 Å². The molecule has 0 atom stereocenters. The first-order valence-corrected chi connectivity index (χ1v) is 5.65. The largest absolute Gasteiger partial charge is 0.338 e. The Balaban J connectivity index is 2.12. The number of amides is 2. The standard InChI is InChI=1S/C11H18N4O/c1-2-3-4-5-7-14-11(16)15-10-12-8-6-9-13-10/h6,8-9H,2-5,7H2,1H3,(H2,12,13,14,15,16). The monoisotopic (exact) mass is 222 g/mol. The summed E-state index contributed by atoms with van der Waals surface area (Å²) in [5, 5.41) is 5.32. The van der Waals surface area contributed by atoms with Crippen molar-refractivity contribution in [1.82, 2.24) is 15.3 Å². The third-order valence-electron chi connectivity index (χ3n) is 2.11. The molecule has 1 heterocycles. The highest BCUT2D eigenvalue weighted by Crippen LogP contribution is 1.97. The van der Waals surface area contributed by atoms with Crippen molar-refractivity contribution in [1.29, 1.82) is 0 Å². The summed E-state index contributed by atoms with van der Waals surface area (Å²) in [5.74, 6) is 0.327. The van der Waals surface area contributed by atoms with E-state index in [0.717, 1.165) is 12.8 Å². The molecule has 0 spiro atoms. The average Bonchev–Trinajstić information content (AvgIpc) is 2.30. The van der Waals surface area contributed by atoms with Crippen LogP contribution in [0, 0.1) is 0 Å². The fraction of sp³-hybridized carbons (Fsp3) is 0.545. The van der Waals surface area contributed by atoms with E-state index in [4.69, 9.17) is 0 Å². The average molecular weight is 222 g/mol. The quantitative estimate of drug-likeness (QED) is 0.725. The number of hydrogen-bond acceptors (Lipinski definition) is 3. The molecule has 1 aromatic rings. The Hall–Kier alpha value is -1.65. The van der Waals surface area contributed by atoms with Gasteiger partial charge in [0, 0.05) is 18.9 Å². The molecule has 0 aromatic carbocycles. The minimum Gasteiger partial charge on any atom is -0.338 e. The molecule has 88 valence electrons. The summed E-state index contributed by atoms with van der Waals surface area (Å²) in [5.41, 5.74) is 0. The molecule has 0 aliphatic rings. The summed E-state index contributed by atoms with van der Waals surface area (Å²) in [6.45, 7) is 2.85. The van der Waals surface area contributed by atoms with E-state index in [1.54, 1.807) is 18.5 Å². The van der Waals surface area contributed by atoms with Gasteiger partial charge in [-0.3, -0.25) is 5.32 Å². The van der Waals surface area contributed by atoms with E-state index in [9.17, 15) is 4.79 Å². The van der Waals surface area contributed by atoms with Gasteiger partial charge in [-0.1, -0.05) is 26.2 Å². The van der Waals surface area contributed by atoms with Crippen molar-refractivity contribution in [2.75, 3.05) is 11.9 Å². The van der Waals surface area contributed by atoms with Gasteiger partial charge in [0.2, 0.25) is 5.95 Å². The zero-order valence-electron chi connectivity index (χ0n) is 9.57. The molecule has 2 N–H and O–H groups in total. The number of aromatic nitrogens is 2. The Bertz CT molecular complexity index is 302. The fourth-order valence-electron chi connectivity index (χ4n) is 1.26. The van der Waals surface area contributed by atoms with Crippen LogP contribution in [-0.2, 0) is 0 Å². The third-order valence-corrected chi connectivity index (χ3v) is 2.11. The van der Waals surface area contributed by atoms with E-state index in [2.05, 4.69) is 27.5 Å². The summed E-state index contributed by atoms with van der Waals surface area (Å²) < 4.78 is 0. The molecule has 0 bridgehead atoms. The van der Waals surface area contributed by atoms with Crippen LogP contribution in [0.15, 0.2) is 18.5 Å². The zero-order valence-corrected chi connectivity index (χ0v) is 9.57. The molecule has 5 nitrogen and oxygen atoms in total. The Kier molecular flexibility index (Phi) is 5.91. The van der Waals surface area contributed by atoms with Crippen LogP contribution < -0.4 is 10.6 Å². The highest BCUT2D eigenvalue weighted by atomic mass is 16.2. The molecular formula is C11H18N4O. The van der Waals surface area contributed by atoms with Gasteiger partial charge in [0.1, 0.15) is 0 Å². The lowest BCUT2D eigenvalue weighted by molar-refractivity contribution is 0.251. The number of nitrogens with one attached hydrogen (secondary N) is 2. The van der Waals surface area contributed by atoms with Crippen LogP contribution in [0.5, 0.6) is 0 Å². The Morgan fingerprint density at radius 2 is 2.00 bits per heavy atom. The molecule has 5 heteroatoms. The lowest BCUT2D eigenvalue weighted by atomic mass is 10.2. The van der Waals surface area contributed by atoms with E-state index in [0.29, 0.717) is 12.5 Å². The van der Waals surface area contributed by atoms with Gasteiger partial charge in [-0.25, -0.2) is 14.8 Å². The van der Waals surface area contributed by atoms with Crippen LogP contribution in [-0.4, -0.2) is 22.5 Å². The van der Waals surface area contributed by atoms with Crippen molar-refractivity contribution >= 4 is 12.0 Å². The van der Waals surface area contributed by atoms with E-state index in [-0.39, 0.29) is 6.03 Å². The van der Waals surface area contributed by atoms with Crippen molar-refractivity contribution < 1.29 is 4.79 Å². The highest BCUT2D eigenvalue weighted by Gasteiger charge is 2.01. The zero-order chi connectivity index (χ0) is 11.6. The molecule has 0 fully saturated rings. The Morgan fingerprint density at radius 1 is 1.25 bits per heavy atom. The molecule has 0 aliphatic carbocycles. The van der Waals surface area contributed by atoms with Crippen LogP contribution in [0.2, 0.25) is 0 Å². The van der Waals surface area contributed by atoms with Crippen molar-refractivity contribution in [3.8, 4) is 0 Å². The van der Waals surface area contributed by atoms with E-state index >= 15 is 0 Å². The van der Waals surface area contributed by atoms with Crippen molar-refractivity contribution in [2.24, 2.45) is 0 Å². The van der Waals surface area contributed by atoms with Gasteiger partial charge in [0.05, 0.1) is 0 Å². The van der Waals surface area contributed by atoms with Crippen LogP contribution in [0.25, 0.3) is 0 Å². The number of carbonyl (C=O) groups excluding carboxylic acids is 1. The molecular weight excluding hydrogens is 204 g/mol. The van der Waals surface area contributed by atoms with Crippen LogP contribution in [0.3, 0.4) is 0 Å². The molecule has 0 saturated heterocycles.